The number of nitrogens with one attached hydrogen (secondary N) is 1. The number of carbonyl (C=O) groups excluding carboxylic acids is 1. The van der Waals surface area contributed by atoms with Gasteiger partial charge in [-0.1, -0.05) is 14.9 Å². The fraction of sp³-hybridized carbons (Fsp3) is 0.478. The van der Waals surface area contributed by atoms with Gasteiger partial charge in [0.05, 0.1) is 30.2 Å². The molecular weight excluding hydrogens is 421 g/mol. The van der Waals surface area contributed by atoms with Crippen LogP contribution < -0.4 is 19.9 Å². The van der Waals surface area contributed by atoms with Crippen LogP contribution in [0.2, 0.25) is 0 Å². The van der Waals surface area contributed by atoms with Gasteiger partial charge in [0.1, 0.15) is 11.6 Å². The number of likely N-dealkylation sites (N-methyl/N-ethyl adjacent to an activating group) is 2. The number of anilines is 3. The van der Waals surface area contributed by atoms with E-state index in [1.54, 1.807) is 11.1 Å². The third-order valence-electron chi connectivity index (χ3n) is 5.58. The van der Waals surface area contributed by atoms with Crippen molar-refractivity contribution < 1.29 is 22.7 Å². The maximum atomic E-state index is 13.3. The lowest BCUT2D eigenvalue weighted by atomic mass is 9.82. The molecule has 1 fully saturated rings. The second-order valence-corrected chi connectivity index (χ2v) is 7.71. The summed E-state index contributed by atoms with van der Waals surface area (Å²) in [4.78, 5) is 20.2. The second kappa shape index (κ2) is 10.1. The zero-order valence-electron chi connectivity index (χ0n) is 16.8. The van der Waals surface area contributed by atoms with E-state index >= 15 is 0 Å². The molecule has 1 amide bonds. The number of ether oxygens (including phenoxy) is 1. The third kappa shape index (κ3) is 4.92. The van der Waals surface area contributed by atoms with E-state index in [4.69, 9.17) is 4.74 Å². The van der Waals surface area contributed by atoms with E-state index in [1.165, 1.54) is 0 Å². The first kappa shape index (κ1) is 25.3. The van der Waals surface area contributed by atoms with Crippen molar-refractivity contribution in [3.63, 3.8) is 0 Å². The summed E-state index contributed by atoms with van der Waals surface area (Å²) >= 11 is 0. The Morgan fingerprint density at radius 1 is 1.12 bits per heavy atom. The van der Waals surface area contributed by atoms with Crippen LogP contribution in [-0.4, -0.2) is 43.7 Å². The molecule has 1 N–H and O–H groups in total. The third-order valence-corrected chi connectivity index (χ3v) is 5.58. The predicted molar refractivity (Wildman–Crippen MR) is 121 cm³/mol. The van der Waals surface area contributed by atoms with Crippen LogP contribution >= 0.6 is 0 Å². The number of rotatable bonds is 6. The van der Waals surface area contributed by atoms with Crippen LogP contribution in [0.3, 0.4) is 0 Å². The number of hydrogen-bond acceptors (Lipinski definition) is 5. The molecule has 2 heterocycles. The molecule has 1 aliphatic carbocycles. The first-order valence-electron chi connectivity index (χ1n) is 9.92. The summed E-state index contributed by atoms with van der Waals surface area (Å²) in [6.45, 7) is 3.54. The van der Waals surface area contributed by atoms with Crippen LogP contribution in [0.25, 0.3) is 0 Å². The van der Waals surface area contributed by atoms with E-state index in [1.807, 2.05) is 24.9 Å². The molecule has 0 saturated heterocycles. The molecule has 32 heavy (non-hydrogen) atoms. The summed E-state index contributed by atoms with van der Waals surface area (Å²) in [5.74, 6) is -2.91. The van der Waals surface area contributed by atoms with Crippen molar-refractivity contribution in [1.82, 2.24) is 4.98 Å². The molecule has 1 aromatic carbocycles. The number of amides is 1. The standard InChI is InChI=1S/C21H23F3N4O2.2CH4/c1-3-28-18-10-26-19(8-17(18)27(2)11-20(28)29)25-9-12-4-13(5-12)30-14-6-15(22)21(24)16(23)7-14;;/h6-8,10,12-13H,3-5,9,11H2,1-2H3,(H,25,26);2*1H4. The molecule has 6 nitrogen and oxygen atoms in total. The highest BCUT2D eigenvalue weighted by atomic mass is 19.2. The molecule has 176 valence electrons. The van der Waals surface area contributed by atoms with Crippen molar-refractivity contribution in [2.24, 2.45) is 5.92 Å². The lowest BCUT2D eigenvalue weighted by molar-refractivity contribution is -0.117. The summed E-state index contributed by atoms with van der Waals surface area (Å²) in [6, 6.07) is 3.66. The number of benzene rings is 1. The van der Waals surface area contributed by atoms with Crippen molar-refractivity contribution in [1.29, 1.82) is 0 Å². The Morgan fingerprint density at radius 2 is 1.78 bits per heavy atom. The van der Waals surface area contributed by atoms with E-state index in [-0.39, 0.29) is 32.6 Å². The number of pyridine rings is 1. The van der Waals surface area contributed by atoms with Crippen molar-refractivity contribution >= 4 is 23.1 Å². The van der Waals surface area contributed by atoms with Gasteiger partial charge in [-0.3, -0.25) is 4.79 Å². The molecule has 0 atom stereocenters. The zero-order valence-corrected chi connectivity index (χ0v) is 16.8. The lowest BCUT2D eigenvalue weighted by Gasteiger charge is -2.36. The van der Waals surface area contributed by atoms with Gasteiger partial charge in [0.2, 0.25) is 5.91 Å². The van der Waals surface area contributed by atoms with Gasteiger partial charge in [-0.2, -0.15) is 0 Å². The number of nitrogens with zero attached hydrogens (tertiary/aromatic N) is 3. The molecule has 0 radical (unpaired) electrons. The van der Waals surface area contributed by atoms with Crippen LogP contribution in [0.15, 0.2) is 24.4 Å². The number of fused-ring (bicyclic) bond motifs is 1. The van der Waals surface area contributed by atoms with Gasteiger partial charge in [-0.25, -0.2) is 18.2 Å². The molecule has 0 spiro atoms. The number of carbonyl (C=O) groups is 1. The van der Waals surface area contributed by atoms with Gasteiger partial charge in [-0.15, -0.1) is 0 Å². The highest BCUT2D eigenvalue weighted by molar-refractivity contribution is 6.03. The van der Waals surface area contributed by atoms with Crippen LogP contribution in [0.5, 0.6) is 5.75 Å². The average molecular weight is 453 g/mol. The van der Waals surface area contributed by atoms with Crippen molar-refractivity contribution in [3.05, 3.63) is 41.8 Å². The van der Waals surface area contributed by atoms with Gasteiger partial charge < -0.3 is 19.9 Å². The number of aromatic nitrogens is 1. The minimum absolute atomic E-state index is 0. The predicted octanol–water partition coefficient (Wildman–Crippen LogP) is 4.84. The lowest BCUT2D eigenvalue weighted by Crippen LogP contribution is -2.44. The maximum Gasteiger partial charge on any atom is 0.246 e. The fourth-order valence-corrected chi connectivity index (χ4v) is 3.88. The van der Waals surface area contributed by atoms with E-state index < -0.39 is 17.5 Å². The Balaban J connectivity index is 0.00000181. The van der Waals surface area contributed by atoms with Crippen LogP contribution in [0, 0.1) is 23.4 Å². The Morgan fingerprint density at radius 3 is 2.41 bits per heavy atom. The first-order chi connectivity index (χ1) is 14.4. The van der Waals surface area contributed by atoms with Gasteiger partial charge in [0.25, 0.3) is 0 Å². The minimum atomic E-state index is -1.49. The minimum Gasteiger partial charge on any atom is -0.490 e. The van der Waals surface area contributed by atoms with Crippen molar-refractivity contribution in [3.8, 4) is 5.75 Å². The molecule has 1 saturated carbocycles. The molecule has 1 aromatic heterocycles. The smallest absolute Gasteiger partial charge is 0.246 e. The van der Waals surface area contributed by atoms with Gasteiger partial charge in [0.15, 0.2) is 17.5 Å². The number of halogens is 3. The van der Waals surface area contributed by atoms with Crippen LogP contribution in [0.4, 0.5) is 30.4 Å². The Labute approximate surface area is 187 Å². The molecular formula is C23H31F3N4O2. The normalized spacial score (nSPS) is 19.3. The molecule has 1 aliphatic heterocycles. The second-order valence-electron chi connectivity index (χ2n) is 7.71. The molecule has 0 unspecified atom stereocenters. The quantitative estimate of drug-likeness (QED) is 0.636. The van der Waals surface area contributed by atoms with Crippen molar-refractivity contribution in [2.45, 2.75) is 40.7 Å². The number of hydrogen-bond donors (Lipinski definition) is 1. The van der Waals surface area contributed by atoms with Gasteiger partial charge in [-0.05, 0) is 25.7 Å². The molecule has 2 aromatic rings. The highest BCUT2D eigenvalue weighted by Gasteiger charge is 2.32. The molecule has 4 rings (SSSR count). The SMILES string of the molecule is C.C.CCN1C(=O)CN(C)c2cc(NCC3CC(Oc4cc(F)c(F)c(F)c4)C3)ncc21. The average Bonchev–Trinajstić information content (AvgIpc) is 2.68. The van der Waals surface area contributed by atoms with Crippen LogP contribution in [0.1, 0.15) is 34.6 Å². The first-order valence-corrected chi connectivity index (χ1v) is 9.92. The molecule has 0 bridgehead atoms. The summed E-state index contributed by atoms with van der Waals surface area (Å²) < 4.78 is 45.1. The monoisotopic (exact) mass is 452 g/mol. The van der Waals surface area contributed by atoms with E-state index in [2.05, 4.69) is 10.3 Å². The topological polar surface area (TPSA) is 57.7 Å². The largest absolute Gasteiger partial charge is 0.490 e. The maximum absolute atomic E-state index is 13.3. The van der Waals surface area contributed by atoms with E-state index in [0.717, 1.165) is 42.2 Å². The van der Waals surface area contributed by atoms with Crippen molar-refractivity contribution in [2.75, 3.05) is 41.8 Å². The summed E-state index contributed by atoms with van der Waals surface area (Å²) in [5.41, 5.74) is 1.75. The summed E-state index contributed by atoms with van der Waals surface area (Å²) in [6.07, 6.45) is 2.99. The van der Waals surface area contributed by atoms with E-state index in [0.29, 0.717) is 25.6 Å². The molecule has 9 heteroatoms. The Bertz CT molecular complexity index is 943. The van der Waals surface area contributed by atoms with E-state index in [9.17, 15) is 18.0 Å². The van der Waals surface area contributed by atoms with Crippen LogP contribution in [-0.2, 0) is 4.79 Å². The highest BCUT2D eigenvalue weighted by Crippen LogP contribution is 2.35. The molecule has 2 aliphatic rings. The summed E-state index contributed by atoms with van der Waals surface area (Å²) in [7, 11) is 1.88. The van der Waals surface area contributed by atoms with Gasteiger partial charge >= 0.3 is 0 Å². The summed E-state index contributed by atoms with van der Waals surface area (Å²) in [5, 5.41) is 3.31. The Hall–Kier alpha value is -2.97. The van der Waals surface area contributed by atoms with Gasteiger partial charge in [0, 0.05) is 38.3 Å². The zero-order chi connectivity index (χ0) is 21.4. The fourth-order valence-electron chi connectivity index (χ4n) is 3.88. The Kier molecular flexibility index (Phi) is 7.98.